The number of primary amides is 1. The second-order valence-corrected chi connectivity index (χ2v) is 9.13. The van der Waals surface area contributed by atoms with Crippen LogP contribution >= 0.6 is 0 Å². The molecule has 0 unspecified atom stereocenters. The Morgan fingerprint density at radius 2 is 1.81 bits per heavy atom. The molecule has 0 saturated heterocycles. The Kier molecular flexibility index (Phi) is 5.58. The van der Waals surface area contributed by atoms with Gasteiger partial charge in [-0.15, -0.1) is 0 Å². The first kappa shape index (κ1) is 21.4. The molecule has 4 N–H and O–H groups in total. The van der Waals surface area contributed by atoms with E-state index in [2.05, 4.69) is 15.0 Å². The normalized spacial score (nSPS) is 11.4. The number of sulfonamides is 1. The Bertz CT molecular complexity index is 1450. The number of hydrogen-bond acceptors (Lipinski definition) is 6. The van der Waals surface area contributed by atoms with Gasteiger partial charge in [-0.2, -0.15) is 0 Å². The van der Waals surface area contributed by atoms with Gasteiger partial charge in [-0.05, 0) is 31.2 Å². The summed E-state index contributed by atoms with van der Waals surface area (Å²) in [6.45, 7) is 1.56. The summed E-state index contributed by atoms with van der Waals surface area (Å²) in [6, 6.07) is 17.8. The van der Waals surface area contributed by atoms with Crippen LogP contribution in [-0.4, -0.2) is 32.2 Å². The zero-order valence-corrected chi connectivity index (χ0v) is 18.4. The highest BCUT2D eigenvalue weighted by Gasteiger charge is 2.16. The minimum atomic E-state index is -3.42. The lowest BCUT2D eigenvalue weighted by Crippen LogP contribution is -2.14. The van der Waals surface area contributed by atoms with Crippen LogP contribution in [0.3, 0.4) is 0 Å². The highest BCUT2D eigenvalue weighted by atomic mass is 32.2. The van der Waals surface area contributed by atoms with Crippen LogP contribution in [0.25, 0.3) is 21.8 Å². The van der Waals surface area contributed by atoms with Gasteiger partial charge in [-0.3, -0.25) is 9.52 Å². The third-order valence-electron chi connectivity index (χ3n) is 5.09. The monoisotopic (exact) mass is 450 g/mol. The van der Waals surface area contributed by atoms with Crippen molar-refractivity contribution in [2.24, 2.45) is 5.73 Å². The number of ether oxygens (including phenoxy) is 1. The lowest BCUT2D eigenvalue weighted by atomic mass is 10.0. The second kappa shape index (κ2) is 8.35. The maximum absolute atomic E-state index is 12.0. The number of amides is 1. The van der Waals surface area contributed by atoms with Crippen LogP contribution in [0.2, 0.25) is 0 Å². The summed E-state index contributed by atoms with van der Waals surface area (Å²) in [4.78, 5) is 16.6. The summed E-state index contributed by atoms with van der Waals surface area (Å²) in [6.07, 6.45) is 0. The van der Waals surface area contributed by atoms with Crippen molar-refractivity contribution >= 4 is 54.8 Å². The molecule has 1 aromatic heterocycles. The Morgan fingerprint density at radius 3 is 2.53 bits per heavy atom. The van der Waals surface area contributed by atoms with Crippen molar-refractivity contribution in [1.29, 1.82) is 0 Å². The molecule has 3 aromatic carbocycles. The molecule has 0 saturated carbocycles. The van der Waals surface area contributed by atoms with Crippen LogP contribution in [-0.2, 0) is 10.0 Å². The number of carbonyl (C=O) groups excluding carboxylic acids is 1. The van der Waals surface area contributed by atoms with Gasteiger partial charge in [0, 0.05) is 16.8 Å². The molecule has 0 fully saturated rings. The van der Waals surface area contributed by atoms with Gasteiger partial charge in [0.15, 0.2) is 0 Å². The van der Waals surface area contributed by atoms with E-state index in [1.54, 1.807) is 37.3 Å². The van der Waals surface area contributed by atoms with Crippen molar-refractivity contribution in [2.45, 2.75) is 6.92 Å². The molecule has 1 heterocycles. The summed E-state index contributed by atoms with van der Waals surface area (Å²) < 4.78 is 31.8. The van der Waals surface area contributed by atoms with E-state index < -0.39 is 15.9 Å². The maximum atomic E-state index is 12.0. The number of rotatable bonds is 7. The number of hydrogen-bond donors (Lipinski definition) is 3. The Hall–Kier alpha value is -3.85. The van der Waals surface area contributed by atoms with Crippen LogP contribution in [0.5, 0.6) is 5.75 Å². The van der Waals surface area contributed by atoms with E-state index in [1.807, 2.05) is 30.3 Å². The van der Waals surface area contributed by atoms with Crippen molar-refractivity contribution in [3.8, 4) is 5.75 Å². The number of benzene rings is 3. The van der Waals surface area contributed by atoms with Crippen molar-refractivity contribution in [2.75, 3.05) is 22.9 Å². The van der Waals surface area contributed by atoms with Crippen LogP contribution in [0.4, 0.5) is 17.1 Å². The molecule has 0 aliphatic heterocycles. The lowest BCUT2D eigenvalue weighted by Gasteiger charge is -2.17. The molecular weight excluding hydrogens is 428 g/mol. The van der Waals surface area contributed by atoms with E-state index in [0.717, 1.165) is 16.5 Å². The predicted molar refractivity (Wildman–Crippen MR) is 127 cm³/mol. The highest BCUT2D eigenvalue weighted by Crippen LogP contribution is 2.37. The largest absolute Gasteiger partial charge is 0.494 e. The Morgan fingerprint density at radius 1 is 1.06 bits per heavy atom. The van der Waals surface area contributed by atoms with Gasteiger partial charge in [-0.25, -0.2) is 13.4 Å². The number of methoxy groups -OCH3 is 1. The molecule has 9 heteroatoms. The van der Waals surface area contributed by atoms with Gasteiger partial charge < -0.3 is 15.8 Å². The van der Waals surface area contributed by atoms with E-state index in [9.17, 15) is 13.2 Å². The van der Waals surface area contributed by atoms with Gasteiger partial charge in [0.2, 0.25) is 10.0 Å². The number of aromatic nitrogens is 1. The number of anilines is 3. The lowest BCUT2D eigenvalue weighted by molar-refractivity contribution is 0.100. The Labute approximate surface area is 185 Å². The fraction of sp³-hybridized carbons (Fsp3) is 0.130. The van der Waals surface area contributed by atoms with Crippen LogP contribution < -0.4 is 20.5 Å². The van der Waals surface area contributed by atoms with Gasteiger partial charge in [0.05, 0.1) is 46.5 Å². The van der Waals surface area contributed by atoms with E-state index in [-0.39, 0.29) is 5.75 Å². The summed E-state index contributed by atoms with van der Waals surface area (Å²) in [5.41, 5.74) is 8.84. The smallest absolute Gasteiger partial charge is 0.250 e. The van der Waals surface area contributed by atoms with Gasteiger partial charge >= 0.3 is 0 Å². The van der Waals surface area contributed by atoms with Gasteiger partial charge in [-0.1, -0.05) is 30.3 Å². The standard InChI is InChI=1S/C23H22N4O4S/c1-3-32(29,30)27-14-11-12-19(20(13-14)31-2)26-21-15-7-4-5-10-18(15)25-22-16(21)8-6-9-17(22)23(24)28/h4-13,27H,3H2,1-2H3,(H2,24,28)(H,25,26). The first-order valence-electron chi connectivity index (χ1n) is 9.90. The number of fused-ring (bicyclic) bond motifs is 2. The van der Waals surface area contributed by atoms with Crippen molar-refractivity contribution in [3.05, 3.63) is 66.2 Å². The van der Waals surface area contributed by atoms with Crippen LogP contribution in [0.15, 0.2) is 60.7 Å². The van der Waals surface area contributed by atoms with E-state index >= 15 is 0 Å². The molecule has 8 nitrogen and oxygen atoms in total. The zero-order valence-electron chi connectivity index (χ0n) is 17.5. The molecule has 0 bridgehead atoms. The number of carbonyl (C=O) groups is 1. The first-order valence-corrected chi connectivity index (χ1v) is 11.5. The quantitative estimate of drug-likeness (QED) is 0.366. The Balaban J connectivity index is 1.88. The molecule has 0 aliphatic rings. The number of nitrogens with two attached hydrogens (primary N) is 1. The number of para-hydroxylation sites is 2. The molecule has 4 rings (SSSR count). The van der Waals surface area contributed by atoms with Gasteiger partial charge in [0.1, 0.15) is 5.75 Å². The summed E-state index contributed by atoms with van der Waals surface area (Å²) in [7, 11) is -1.91. The summed E-state index contributed by atoms with van der Waals surface area (Å²) >= 11 is 0. The molecule has 0 spiro atoms. The first-order chi connectivity index (χ1) is 15.3. The van der Waals surface area contributed by atoms with Crippen LogP contribution in [0.1, 0.15) is 17.3 Å². The van der Waals surface area contributed by atoms with E-state index in [1.165, 1.54) is 7.11 Å². The molecule has 1 amide bonds. The molecule has 0 aliphatic carbocycles. The number of pyridine rings is 1. The fourth-order valence-electron chi connectivity index (χ4n) is 3.49. The van der Waals surface area contributed by atoms with E-state index in [4.69, 9.17) is 10.5 Å². The molecule has 4 aromatic rings. The number of nitrogens with zero attached hydrogens (tertiary/aromatic N) is 1. The third-order valence-corrected chi connectivity index (χ3v) is 6.40. The topological polar surface area (TPSA) is 123 Å². The fourth-order valence-corrected chi connectivity index (χ4v) is 4.12. The van der Waals surface area contributed by atoms with Crippen molar-refractivity contribution in [3.63, 3.8) is 0 Å². The molecule has 0 atom stereocenters. The molecule has 164 valence electrons. The average molecular weight is 451 g/mol. The molecule has 32 heavy (non-hydrogen) atoms. The minimum Gasteiger partial charge on any atom is -0.494 e. The minimum absolute atomic E-state index is 0.0352. The average Bonchev–Trinajstić information content (AvgIpc) is 2.79. The highest BCUT2D eigenvalue weighted by molar-refractivity contribution is 7.92. The van der Waals surface area contributed by atoms with Gasteiger partial charge in [0.25, 0.3) is 5.91 Å². The summed E-state index contributed by atoms with van der Waals surface area (Å²) in [5, 5.41) is 4.95. The molecular formula is C23H22N4O4S. The van der Waals surface area contributed by atoms with Crippen LogP contribution in [0, 0.1) is 0 Å². The predicted octanol–water partition coefficient (Wildman–Crippen LogP) is 4.00. The zero-order chi connectivity index (χ0) is 22.9. The van der Waals surface area contributed by atoms with E-state index in [0.29, 0.717) is 33.7 Å². The van der Waals surface area contributed by atoms with Crippen molar-refractivity contribution < 1.29 is 17.9 Å². The second-order valence-electron chi connectivity index (χ2n) is 7.12. The molecule has 0 radical (unpaired) electrons. The maximum Gasteiger partial charge on any atom is 0.250 e. The summed E-state index contributed by atoms with van der Waals surface area (Å²) in [5.74, 6) is -0.150. The number of nitrogens with one attached hydrogen (secondary N) is 2. The third kappa shape index (κ3) is 4.02. The SMILES string of the molecule is CCS(=O)(=O)Nc1ccc(Nc2c3ccccc3nc3c(C(N)=O)cccc23)c(OC)c1. The van der Waals surface area contributed by atoms with Crippen molar-refractivity contribution in [1.82, 2.24) is 4.98 Å².